The Labute approximate surface area is 79.3 Å². The van der Waals surface area contributed by atoms with Crippen LogP contribution in [0, 0.1) is 0 Å². The van der Waals surface area contributed by atoms with E-state index < -0.39 is 17.8 Å². The van der Waals surface area contributed by atoms with Crippen molar-refractivity contribution >= 4 is 23.1 Å². The van der Waals surface area contributed by atoms with Crippen molar-refractivity contribution in [2.24, 2.45) is 5.73 Å². The Hall–Kier alpha value is -1.20. The lowest BCUT2D eigenvalue weighted by Crippen LogP contribution is -2.39. The number of carbonyl (C=O) groups excluding carboxylic acids is 2. The van der Waals surface area contributed by atoms with Crippen LogP contribution in [0.5, 0.6) is 0 Å². The maximum atomic E-state index is 11.4. The Morgan fingerprint density at radius 3 is 2.77 bits per heavy atom. The Bertz CT molecular complexity index is 307. The second-order valence-electron chi connectivity index (χ2n) is 2.34. The smallest absolute Gasteiger partial charge is 0.330 e. The van der Waals surface area contributed by atoms with Crippen molar-refractivity contribution in [3.63, 3.8) is 0 Å². The molecule has 0 amide bonds. The van der Waals surface area contributed by atoms with Gasteiger partial charge in [0, 0.05) is 0 Å². The van der Waals surface area contributed by atoms with Gasteiger partial charge in [-0.1, -0.05) is 6.07 Å². The van der Waals surface area contributed by atoms with Crippen LogP contribution in [0.1, 0.15) is 9.67 Å². The second kappa shape index (κ2) is 4.15. The molecule has 1 unspecified atom stereocenters. The van der Waals surface area contributed by atoms with Gasteiger partial charge >= 0.3 is 5.97 Å². The number of rotatable bonds is 3. The Kier molecular flexibility index (Phi) is 3.16. The molecule has 0 saturated carbocycles. The largest absolute Gasteiger partial charge is 0.468 e. The number of ketones is 1. The number of carbonyl (C=O) groups is 2. The van der Waals surface area contributed by atoms with E-state index in [1.165, 1.54) is 18.4 Å². The molecule has 1 heterocycles. The van der Waals surface area contributed by atoms with Crippen molar-refractivity contribution in [2.45, 2.75) is 6.04 Å². The van der Waals surface area contributed by atoms with Crippen molar-refractivity contribution < 1.29 is 14.3 Å². The van der Waals surface area contributed by atoms with Crippen LogP contribution < -0.4 is 5.73 Å². The summed E-state index contributed by atoms with van der Waals surface area (Å²) in [6, 6.07) is 2.14. The molecular formula is C8H9NO3S. The number of thiophene rings is 1. The van der Waals surface area contributed by atoms with E-state index in [1.54, 1.807) is 17.5 Å². The van der Waals surface area contributed by atoms with E-state index in [1.807, 2.05) is 0 Å². The van der Waals surface area contributed by atoms with Gasteiger partial charge in [0.15, 0.2) is 6.04 Å². The molecule has 70 valence electrons. The number of nitrogens with two attached hydrogens (primary N) is 1. The van der Waals surface area contributed by atoms with Gasteiger partial charge in [-0.3, -0.25) is 4.79 Å². The summed E-state index contributed by atoms with van der Waals surface area (Å²) in [6.45, 7) is 0. The van der Waals surface area contributed by atoms with Crippen molar-refractivity contribution in [1.82, 2.24) is 0 Å². The molecule has 4 nitrogen and oxygen atoms in total. The highest BCUT2D eigenvalue weighted by atomic mass is 32.1. The van der Waals surface area contributed by atoms with E-state index in [2.05, 4.69) is 4.74 Å². The quantitative estimate of drug-likeness (QED) is 0.435. The molecule has 1 aromatic rings. The number of methoxy groups -OCH3 is 1. The van der Waals surface area contributed by atoms with Gasteiger partial charge in [0.25, 0.3) is 0 Å². The lowest BCUT2D eigenvalue weighted by Gasteiger charge is -2.05. The van der Waals surface area contributed by atoms with E-state index in [0.29, 0.717) is 4.88 Å². The van der Waals surface area contributed by atoms with Crippen LogP contribution in [0.2, 0.25) is 0 Å². The fraction of sp³-hybridized carbons (Fsp3) is 0.250. The molecule has 0 saturated heterocycles. The zero-order valence-corrected chi connectivity index (χ0v) is 7.84. The van der Waals surface area contributed by atoms with Gasteiger partial charge in [0.1, 0.15) is 0 Å². The highest BCUT2D eigenvalue weighted by molar-refractivity contribution is 7.12. The number of hydrogen-bond acceptors (Lipinski definition) is 5. The van der Waals surface area contributed by atoms with E-state index in [4.69, 9.17) is 5.73 Å². The highest BCUT2D eigenvalue weighted by Gasteiger charge is 2.24. The van der Waals surface area contributed by atoms with Gasteiger partial charge in [-0.05, 0) is 11.4 Å². The summed E-state index contributed by atoms with van der Waals surface area (Å²) in [7, 11) is 1.20. The lowest BCUT2D eigenvalue weighted by atomic mass is 10.2. The molecule has 1 aromatic heterocycles. The van der Waals surface area contributed by atoms with Gasteiger partial charge in [0.2, 0.25) is 5.78 Å². The lowest BCUT2D eigenvalue weighted by molar-refractivity contribution is -0.140. The first-order valence-electron chi connectivity index (χ1n) is 3.58. The zero-order chi connectivity index (χ0) is 9.84. The van der Waals surface area contributed by atoms with Crippen LogP contribution in [0.25, 0.3) is 0 Å². The molecular weight excluding hydrogens is 190 g/mol. The van der Waals surface area contributed by atoms with Crippen molar-refractivity contribution in [3.8, 4) is 0 Å². The summed E-state index contributed by atoms with van der Waals surface area (Å²) in [5, 5.41) is 1.75. The summed E-state index contributed by atoms with van der Waals surface area (Å²) in [4.78, 5) is 22.7. The van der Waals surface area contributed by atoms with E-state index in [-0.39, 0.29) is 0 Å². The normalized spacial score (nSPS) is 12.2. The fourth-order valence-electron chi connectivity index (χ4n) is 0.806. The van der Waals surface area contributed by atoms with Crippen LogP contribution in [0.4, 0.5) is 0 Å². The molecule has 0 aliphatic heterocycles. The topological polar surface area (TPSA) is 69.4 Å². The molecule has 2 N–H and O–H groups in total. The summed E-state index contributed by atoms with van der Waals surface area (Å²) >= 11 is 1.25. The third-order valence-electron chi connectivity index (χ3n) is 1.50. The summed E-state index contributed by atoms with van der Waals surface area (Å²) in [5.41, 5.74) is 5.35. The van der Waals surface area contributed by atoms with Gasteiger partial charge in [-0.2, -0.15) is 0 Å². The molecule has 13 heavy (non-hydrogen) atoms. The first-order valence-corrected chi connectivity index (χ1v) is 4.46. The first-order chi connectivity index (χ1) is 6.16. The SMILES string of the molecule is COC(=O)C(N)C(=O)c1cccs1. The maximum Gasteiger partial charge on any atom is 0.330 e. The third-order valence-corrected chi connectivity index (χ3v) is 2.39. The Balaban J connectivity index is 2.74. The van der Waals surface area contributed by atoms with Crippen molar-refractivity contribution in [1.29, 1.82) is 0 Å². The van der Waals surface area contributed by atoms with Gasteiger partial charge in [-0.15, -0.1) is 11.3 Å². The first kappa shape index (κ1) is 9.88. The van der Waals surface area contributed by atoms with Crippen LogP contribution in [0.3, 0.4) is 0 Å². The molecule has 0 radical (unpaired) electrons. The van der Waals surface area contributed by atoms with Crippen LogP contribution in [0.15, 0.2) is 17.5 Å². The molecule has 0 aromatic carbocycles. The molecule has 1 atom stereocenters. The molecule has 0 bridgehead atoms. The minimum atomic E-state index is -1.20. The Morgan fingerprint density at radius 2 is 2.31 bits per heavy atom. The van der Waals surface area contributed by atoms with Crippen molar-refractivity contribution in [2.75, 3.05) is 7.11 Å². The molecule has 0 aliphatic carbocycles. The van der Waals surface area contributed by atoms with Crippen LogP contribution >= 0.6 is 11.3 Å². The van der Waals surface area contributed by atoms with Crippen LogP contribution in [-0.2, 0) is 9.53 Å². The monoisotopic (exact) mass is 199 g/mol. The standard InChI is InChI=1S/C8H9NO3S/c1-12-8(11)6(9)7(10)5-3-2-4-13-5/h2-4,6H,9H2,1H3. The summed E-state index contributed by atoms with van der Waals surface area (Å²) in [6.07, 6.45) is 0. The molecule has 0 spiro atoms. The number of Topliss-reactive ketones (excluding diaryl/α,β-unsaturated/α-hetero) is 1. The zero-order valence-electron chi connectivity index (χ0n) is 7.02. The number of ether oxygens (including phenoxy) is 1. The fourth-order valence-corrected chi connectivity index (χ4v) is 1.51. The van der Waals surface area contributed by atoms with Crippen LogP contribution in [-0.4, -0.2) is 24.9 Å². The highest BCUT2D eigenvalue weighted by Crippen LogP contribution is 2.10. The Morgan fingerprint density at radius 1 is 1.62 bits per heavy atom. The molecule has 0 aliphatic rings. The van der Waals surface area contributed by atoms with E-state index in [9.17, 15) is 9.59 Å². The second-order valence-corrected chi connectivity index (χ2v) is 3.29. The predicted molar refractivity (Wildman–Crippen MR) is 48.6 cm³/mol. The molecule has 1 rings (SSSR count). The molecule has 0 fully saturated rings. The average molecular weight is 199 g/mol. The number of hydrogen-bond donors (Lipinski definition) is 1. The number of esters is 1. The van der Waals surface area contributed by atoms with Crippen molar-refractivity contribution in [3.05, 3.63) is 22.4 Å². The molecule has 5 heteroatoms. The summed E-state index contributed by atoms with van der Waals surface area (Å²) in [5.74, 6) is -1.11. The summed E-state index contributed by atoms with van der Waals surface area (Å²) < 4.78 is 4.35. The predicted octanol–water partition coefficient (Wildman–Crippen LogP) is 0.431. The average Bonchev–Trinajstić information content (AvgIpc) is 2.67. The van der Waals surface area contributed by atoms with E-state index >= 15 is 0 Å². The third kappa shape index (κ3) is 2.13. The van der Waals surface area contributed by atoms with Gasteiger partial charge in [0.05, 0.1) is 12.0 Å². The minimum Gasteiger partial charge on any atom is -0.468 e. The van der Waals surface area contributed by atoms with E-state index in [0.717, 1.165) is 0 Å². The van der Waals surface area contributed by atoms with Gasteiger partial charge in [-0.25, -0.2) is 4.79 Å². The van der Waals surface area contributed by atoms with Gasteiger partial charge < -0.3 is 10.5 Å². The minimum absolute atomic E-state index is 0.401. The maximum absolute atomic E-state index is 11.4.